The highest BCUT2D eigenvalue weighted by Crippen LogP contribution is 2.16. The Balaban J connectivity index is 1.71. The van der Waals surface area contributed by atoms with Gasteiger partial charge in [-0.2, -0.15) is 0 Å². The molecule has 0 spiro atoms. The second-order valence-corrected chi connectivity index (χ2v) is 6.98. The maximum atomic E-state index is 12.1. The Hall–Kier alpha value is -3.35. The second-order valence-electron chi connectivity index (χ2n) is 6.98. The minimum atomic E-state index is -0.787. The highest BCUT2D eigenvalue weighted by atomic mass is 16.5. The van der Waals surface area contributed by atoms with Crippen molar-refractivity contribution in [3.05, 3.63) is 59.2 Å². The molecule has 7 nitrogen and oxygen atoms in total. The van der Waals surface area contributed by atoms with Crippen LogP contribution >= 0.6 is 0 Å². The van der Waals surface area contributed by atoms with Crippen LogP contribution in [0.3, 0.4) is 0 Å². The largest absolute Gasteiger partial charge is 0.481 e. The Bertz CT molecular complexity index is 895. The number of ether oxygens (including phenoxy) is 1. The Morgan fingerprint density at radius 1 is 0.897 bits per heavy atom. The van der Waals surface area contributed by atoms with Crippen LogP contribution in [0, 0.1) is 20.8 Å². The van der Waals surface area contributed by atoms with Crippen LogP contribution < -0.4 is 20.9 Å². The van der Waals surface area contributed by atoms with E-state index in [0.717, 1.165) is 22.4 Å². The van der Waals surface area contributed by atoms with E-state index >= 15 is 0 Å². The van der Waals surface area contributed by atoms with Crippen LogP contribution in [0.25, 0.3) is 0 Å². The SMILES string of the molecule is Cc1cccc(OC(C)C(=O)NNC(=O)CCC(=O)Nc2ccc(C)cc2C)c1. The van der Waals surface area contributed by atoms with Crippen molar-refractivity contribution in [1.82, 2.24) is 10.9 Å². The quantitative estimate of drug-likeness (QED) is 0.626. The van der Waals surface area contributed by atoms with Crippen molar-refractivity contribution in [2.24, 2.45) is 0 Å². The summed E-state index contributed by atoms with van der Waals surface area (Å²) in [6.07, 6.45) is -0.834. The smallest absolute Gasteiger partial charge is 0.279 e. The van der Waals surface area contributed by atoms with Gasteiger partial charge in [-0.25, -0.2) is 0 Å². The van der Waals surface area contributed by atoms with Gasteiger partial charge in [-0.05, 0) is 57.0 Å². The average Bonchev–Trinajstić information content (AvgIpc) is 2.66. The molecular formula is C22H27N3O4. The Kier molecular flexibility index (Phi) is 7.77. The monoisotopic (exact) mass is 397 g/mol. The van der Waals surface area contributed by atoms with Crippen molar-refractivity contribution < 1.29 is 19.1 Å². The van der Waals surface area contributed by atoms with E-state index in [1.54, 1.807) is 13.0 Å². The molecule has 0 bridgehead atoms. The number of hydrazine groups is 1. The Labute approximate surface area is 170 Å². The highest BCUT2D eigenvalue weighted by molar-refractivity contribution is 5.94. The summed E-state index contributed by atoms with van der Waals surface area (Å²) in [5.41, 5.74) is 8.41. The van der Waals surface area contributed by atoms with Crippen LogP contribution in [0.4, 0.5) is 5.69 Å². The van der Waals surface area contributed by atoms with Gasteiger partial charge in [0.05, 0.1) is 0 Å². The first kappa shape index (κ1) is 21.9. The van der Waals surface area contributed by atoms with Crippen LogP contribution in [0.2, 0.25) is 0 Å². The summed E-state index contributed by atoms with van der Waals surface area (Å²) in [4.78, 5) is 36.0. The van der Waals surface area contributed by atoms with Gasteiger partial charge in [0.2, 0.25) is 11.8 Å². The third kappa shape index (κ3) is 7.29. The van der Waals surface area contributed by atoms with Crippen LogP contribution in [0.5, 0.6) is 5.75 Å². The number of rotatable bonds is 7. The predicted molar refractivity (Wildman–Crippen MR) is 111 cm³/mol. The van der Waals surface area contributed by atoms with E-state index in [1.165, 1.54) is 0 Å². The number of hydrogen-bond acceptors (Lipinski definition) is 4. The average molecular weight is 397 g/mol. The van der Waals surface area contributed by atoms with E-state index in [2.05, 4.69) is 16.2 Å². The van der Waals surface area contributed by atoms with Gasteiger partial charge in [0.1, 0.15) is 5.75 Å². The van der Waals surface area contributed by atoms with Crippen molar-refractivity contribution in [1.29, 1.82) is 0 Å². The number of carbonyl (C=O) groups excluding carboxylic acids is 3. The third-order valence-electron chi connectivity index (χ3n) is 4.23. The molecule has 0 aliphatic rings. The standard InChI is InChI=1S/C22H27N3O4/c1-14-6-5-7-18(13-14)29-17(4)22(28)25-24-21(27)11-10-20(26)23-19-9-8-15(2)12-16(19)3/h5-9,12-13,17H,10-11H2,1-4H3,(H,23,26)(H,24,27)(H,25,28). The second kappa shape index (κ2) is 10.3. The first-order chi connectivity index (χ1) is 13.7. The van der Waals surface area contributed by atoms with Gasteiger partial charge in [-0.1, -0.05) is 29.8 Å². The van der Waals surface area contributed by atoms with Crippen LogP contribution in [-0.4, -0.2) is 23.8 Å². The minimum Gasteiger partial charge on any atom is -0.481 e. The summed E-state index contributed by atoms with van der Waals surface area (Å²) < 4.78 is 5.55. The molecular weight excluding hydrogens is 370 g/mol. The topological polar surface area (TPSA) is 96.5 Å². The molecule has 2 aromatic rings. The molecule has 1 atom stereocenters. The normalized spacial score (nSPS) is 11.3. The number of benzene rings is 2. The number of hydrogen-bond donors (Lipinski definition) is 3. The van der Waals surface area contributed by atoms with Crippen molar-refractivity contribution in [2.45, 2.75) is 46.6 Å². The minimum absolute atomic E-state index is 0.00433. The number of aryl methyl sites for hydroxylation is 3. The van der Waals surface area contributed by atoms with Gasteiger partial charge < -0.3 is 10.1 Å². The van der Waals surface area contributed by atoms with Crippen LogP contribution in [-0.2, 0) is 14.4 Å². The molecule has 29 heavy (non-hydrogen) atoms. The first-order valence-electron chi connectivity index (χ1n) is 9.43. The van der Waals surface area contributed by atoms with Crippen LogP contribution in [0.1, 0.15) is 36.5 Å². The number of nitrogens with one attached hydrogen (secondary N) is 3. The van der Waals surface area contributed by atoms with Crippen molar-refractivity contribution in [3.8, 4) is 5.75 Å². The molecule has 0 aromatic heterocycles. The molecule has 0 fully saturated rings. The van der Waals surface area contributed by atoms with Gasteiger partial charge in [-0.15, -0.1) is 0 Å². The number of amides is 3. The lowest BCUT2D eigenvalue weighted by Crippen LogP contribution is -2.47. The third-order valence-corrected chi connectivity index (χ3v) is 4.23. The Morgan fingerprint density at radius 3 is 2.28 bits per heavy atom. The maximum Gasteiger partial charge on any atom is 0.279 e. The van der Waals surface area contributed by atoms with Crippen LogP contribution in [0.15, 0.2) is 42.5 Å². The molecule has 7 heteroatoms. The molecule has 0 saturated carbocycles. The molecule has 0 radical (unpaired) electrons. The predicted octanol–water partition coefficient (Wildman–Crippen LogP) is 2.95. The molecule has 0 aliphatic carbocycles. The summed E-state index contributed by atoms with van der Waals surface area (Å²) in [5.74, 6) is -0.645. The molecule has 3 N–H and O–H groups in total. The van der Waals surface area contributed by atoms with Gasteiger partial charge in [0.25, 0.3) is 5.91 Å². The summed E-state index contributed by atoms with van der Waals surface area (Å²) in [6.45, 7) is 7.39. The zero-order valence-corrected chi connectivity index (χ0v) is 17.2. The summed E-state index contributed by atoms with van der Waals surface area (Å²) in [6, 6.07) is 13.0. The molecule has 154 valence electrons. The van der Waals surface area contributed by atoms with Crippen molar-refractivity contribution in [3.63, 3.8) is 0 Å². The summed E-state index contributed by atoms with van der Waals surface area (Å²) in [7, 11) is 0. The fraction of sp³-hybridized carbons (Fsp3) is 0.318. The van der Waals surface area contributed by atoms with Gasteiger partial charge >= 0.3 is 0 Å². The molecule has 2 rings (SSSR count). The van der Waals surface area contributed by atoms with Crippen molar-refractivity contribution >= 4 is 23.4 Å². The molecule has 2 aromatic carbocycles. The molecule has 0 heterocycles. The number of carbonyl (C=O) groups is 3. The van der Waals surface area contributed by atoms with E-state index in [9.17, 15) is 14.4 Å². The Morgan fingerprint density at radius 2 is 1.59 bits per heavy atom. The lowest BCUT2D eigenvalue weighted by Gasteiger charge is -2.15. The van der Waals surface area contributed by atoms with Gasteiger partial charge in [-0.3, -0.25) is 25.2 Å². The first-order valence-corrected chi connectivity index (χ1v) is 9.43. The van der Waals surface area contributed by atoms with Crippen molar-refractivity contribution in [2.75, 3.05) is 5.32 Å². The maximum absolute atomic E-state index is 12.1. The highest BCUT2D eigenvalue weighted by Gasteiger charge is 2.16. The van der Waals surface area contributed by atoms with E-state index in [-0.39, 0.29) is 18.7 Å². The molecule has 0 saturated heterocycles. The fourth-order valence-corrected chi connectivity index (χ4v) is 2.64. The van der Waals surface area contributed by atoms with E-state index in [1.807, 2.05) is 57.2 Å². The van der Waals surface area contributed by atoms with Gasteiger partial charge in [0.15, 0.2) is 6.10 Å². The number of anilines is 1. The lowest BCUT2D eigenvalue weighted by molar-refractivity contribution is -0.133. The molecule has 1 unspecified atom stereocenters. The van der Waals surface area contributed by atoms with E-state index in [0.29, 0.717) is 5.75 Å². The molecule has 3 amide bonds. The van der Waals surface area contributed by atoms with E-state index < -0.39 is 17.9 Å². The zero-order valence-electron chi connectivity index (χ0n) is 17.2. The lowest BCUT2D eigenvalue weighted by atomic mass is 10.1. The van der Waals surface area contributed by atoms with E-state index in [4.69, 9.17) is 4.74 Å². The summed E-state index contributed by atoms with van der Waals surface area (Å²) >= 11 is 0. The van der Waals surface area contributed by atoms with Gasteiger partial charge in [0, 0.05) is 18.5 Å². The zero-order chi connectivity index (χ0) is 21.4. The summed E-state index contributed by atoms with van der Waals surface area (Å²) in [5, 5.41) is 2.78. The fourth-order valence-electron chi connectivity index (χ4n) is 2.64. The molecule has 0 aliphatic heterocycles.